The highest BCUT2D eigenvalue weighted by Crippen LogP contribution is 2.26. The van der Waals surface area contributed by atoms with E-state index in [1.807, 2.05) is 0 Å². The van der Waals surface area contributed by atoms with Crippen LogP contribution in [0.15, 0.2) is 28.7 Å². The third kappa shape index (κ3) is 2.28. The highest BCUT2D eigenvalue weighted by Gasteiger charge is 2.20. The van der Waals surface area contributed by atoms with Gasteiger partial charge in [-0.1, -0.05) is 11.6 Å². The van der Waals surface area contributed by atoms with Crippen LogP contribution in [0.2, 0.25) is 0 Å². The van der Waals surface area contributed by atoms with Gasteiger partial charge in [0.05, 0.1) is 6.04 Å². The van der Waals surface area contributed by atoms with Gasteiger partial charge in [0, 0.05) is 11.9 Å². The molecule has 1 atom stereocenters. The SMILES string of the molecule is Cc1ccc2oc(C3CN(C)CCCN3)cc2c1. The summed E-state index contributed by atoms with van der Waals surface area (Å²) in [5, 5.41) is 4.78. The minimum Gasteiger partial charge on any atom is -0.459 e. The van der Waals surface area contributed by atoms with Gasteiger partial charge >= 0.3 is 0 Å². The molecule has 1 unspecified atom stereocenters. The van der Waals surface area contributed by atoms with E-state index in [0.29, 0.717) is 6.04 Å². The van der Waals surface area contributed by atoms with E-state index in [0.717, 1.165) is 31.0 Å². The number of nitrogens with one attached hydrogen (secondary N) is 1. The molecule has 1 saturated heterocycles. The lowest BCUT2D eigenvalue weighted by atomic mass is 10.1. The van der Waals surface area contributed by atoms with Crippen molar-refractivity contribution in [3.8, 4) is 0 Å². The van der Waals surface area contributed by atoms with Crippen LogP contribution >= 0.6 is 0 Å². The van der Waals surface area contributed by atoms with Crippen molar-refractivity contribution in [3.05, 3.63) is 35.6 Å². The predicted octanol–water partition coefficient (Wildman–Crippen LogP) is 2.71. The summed E-state index contributed by atoms with van der Waals surface area (Å²) >= 11 is 0. The molecule has 1 aromatic carbocycles. The van der Waals surface area contributed by atoms with Gasteiger partial charge in [0.15, 0.2) is 0 Å². The highest BCUT2D eigenvalue weighted by molar-refractivity contribution is 5.78. The molecule has 0 aliphatic carbocycles. The average molecular weight is 244 g/mol. The van der Waals surface area contributed by atoms with Crippen LogP contribution in [-0.2, 0) is 0 Å². The molecule has 3 heteroatoms. The first-order valence-corrected chi connectivity index (χ1v) is 6.64. The van der Waals surface area contributed by atoms with Gasteiger partial charge in [-0.25, -0.2) is 0 Å². The summed E-state index contributed by atoms with van der Waals surface area (Å²) in [6.07, 6.45) is 1.20. The Kier molecular flexibility index (Phi) is 3.10. The number of furan rings is 1. The van der Waals surface area contributed by atoms with Crippen LogP contribution in [-0.4, -0.2) is 31.6 Å². The summed E-state index contributed by atoms with van der Waals surface area (Å²) in [4.78, 5) is 2.36. The van der Waals surface area contributed by atoms with Crippen LogP contribution < -0.4 is 5.32 Å². The first kappa shape index (κ1) is 11.8. The molecule has 3 nitrogen and oxygen atoms in total. The fourth-order valence-corrected chi connectivity index (χ4v) is 2.64. The number of rotatable bonds is 1. The van der Waals surface area contributed by atoms with E-state index < -0.39 is 0 Å². The molecule has 1 aliphatic heterocycles. The predicted molar refractivity (Wildman–Crippen MR) is 73.8 cm³/mol. The van der Waals surface area contributed by atoms with Gasteiger partial charge in [-0.15, -0.1) is 0 Å². The van der Waals surface area contributed by atoms with Gasteiger partial charge in [0.25, 0.3) is 0 Å². The number of hydrogen-bond donors (Lipinski definition) is 1. The second-order valence-electron chi connectivity index (χ2n) is 5.31. The molecule has 0 spiro atoms. The lowest BCUT2D eigenvalue weighted by Gasteiger charge is -2.18. The summed E-state index contributed by atoms with van der Waals surface area (Å²) in [6.45, 7) is 5.34. The van der Waals surface area contributed by atoms with Gasteiger partial charge in [-0.05, 0) is 51.7 Å². The smallest absolute Gasteiger partial charge is 0.134 e. The Balaban J connectivity index is 1.93. The zero-order chi connectivity index (χ0) is 12.5. The number of fused-ring (bicyclic) bond motifs is 1. The van der Waals surface area contributed by atoms with E-state index in [9.17, 15) is 0 Å². The lowest BCUT2D eigenvalue weighted by molar-refractivity contribution is 0.308. The van der Waals surface area contributed by atoms with Gasteiger partial charge in [0.1, 0.15) is 11.3 Å². The van der Waals surface area contributed by atoms with Gasteiger partial charge in [0.2, 0.25) is 0 Å². The number of nitrogens with zero attached hydrogens (tertiary/aromatic N) is 1. The van der Waals surface area contributed by atoms with E-state index in [-0.39, 0.29) is 0 Å². The Hall–Kier alpha value is -1.32. The quantitative estimate of drug-likeness (QED) is 0.836. The van der Waals surface area contributed by atoms with Crippen molar-refractivity contribution in [3.63, 3.8) is 0 Å². The minimum atomic E-state index is 0.310. The Labute approximate surface area is 108 Å². The maximum atomic E-state index is 5.98. The molecular formula is C15H20N2O. The Morgan fingerprint density at radius 1 is 1.33 bits per heavy atom. The van der Waals surface area contributed by atoms with Crippen molar-refractivity contribution in [1.82, 2.24) is 10.2 Å². The molecule has 0 amide bonds. The third-order valence-corrected chi connectivity index (χ3v) is 3.64. The summed E-state index contributed by atoms with van der Waals surface area (Å²) in [5.41, 5.74) is 2.27. The highest BCUT2D eigenvalue weighted by atomic mass is 16.3. The second kappa shape index (κ2) is 4.75. The first-order valence-electron chi connectivity index (χ1n) is 6.64. The van der Waals surface area contributed by atoms with Crippen molar-refractivity contribution in [1.29, 1.82) is 0 Å². The fraction of sp³-hybridized carbons (Fsp3) is 0.467. The van der Waals surface area contributed by atoms with E-state index in [1.165, 1.54) is 17.4 Å². The molecular weight excluding hydrogens is 224 g/mol. The molecule has 1 fully saturated rings. The van der Waals surface area contributed by atoms with Crippen molar-refractivity contribution in [2.24, 2.45) is 0 Å². The zero-order valence-electron chi connectivity index (χ0n) is 11.1. The average Bonchev–Trinajstić information content (AvgIpc) is 2.63. The zero-order valence-corrected chi connectivity index (χ0v) is 11.1. The number of likely N-dealkylation sites (N-methyl/N-ethyl adjacent to an activating group) is 1. The number of aryl methyl sites for hydroxylation is 1. The molecule has 1 aromatic heterocycles. The van der Waals surface area contributed by atoms with E-state index in [2.05, 4.69) is 48.5 Å². The molecule has 1 aliphatic rings. The van der Waals surface area contributed by atoms with Gasteiger partial charge in [-0.3, -0.25) is 0 Å². The molecule has 2 heterocycles. The van der Waals surface area contributed by atoms with Crippen LogP contribution in [0.5, 0.6) is 0 Å². The van der Waals surface area contributed by atoms with Crippen molar-refractivity contribution in [2.75, 3.05) is 26.7 Å². The molecule has 1 N–H and O–H groups in total. The summed E-state index contributed by atoms with van der Waals surface area (Å²) in [5.74, 6) is 1.06. The maximum absolute atomic E-state index is 5.98. The Bertz CT molecular complexity index is 546. The van der Waals surface area contributed by atoms with Crippen LogP contribution in [0.25, 0.3) is 11.0 Å². The topological polar surface area (TPSA) is 28.4 Å². The minimum absolute atomic E-state index is 0.310. The first-order chi connectivity index (χ1) is 8.72. The summed E-state index contributed by atoms with van der Waals surface area (Å²) < 4.78 is 5.98. The molecule has 0 bridgehead atoms. The van der Waals surface area contributed by atoms with Crippen molar-refractivity contribution in [2.45, 2.75) is 19.4 Å². The van der Waals surface area contributed by atoms with Crippen molar-refractivity contribution >= 4 is 11.0 Å². The van der Waals surface area contributed by atoms with Gasteiger partial charge in [-0.2, -0.15) is 0 Å². The molecule has 0 saturated carbocycles. The third-order valence-electron chi connectivity index (χ3n) is 3.64. The second-order valence-corrected chi connectivity index (χ2v) is 5.31. The number of benzene rings is 1. The Morgan fingerprint density at radius 3 is 3.11 bits per heavy atom. The molecule has 18 heavy (non-hydrogen) atoms. The monoisotopic (exact) mass is 244 g/mol. The Morgan fingerprint density at radius 2 is 2.22 bits per heavy atom. The lowest BCUT2D eigenvalue weighted by Crippen LogP contribution is -2.28. The summed E-state index contributed by atoms with van der Waals surface area (Å²) in [6, 6.07) is 8.84. The number of hydrogen-bond acceptors (Lipinski definition) is 3. The van der Waals surface area contributed by atoms with Gasteiger partial charge < -0.3 is 14.6 Å². The van der Waals surface area contributed by atoms with Crippen LogP contribution in [0.1, 0.15) is 23.8 Å². The molecule has 0 radical (unpaired) electrons. The summed E-state index contributed by atoms with van der Waals surface area (Å²) in [7, 11) is 2.17. The molecule has 2 aromatic rings. The van der Waals surface area contributed by atoms with Crippen LogP contribution in [0.4, 0.5) is 0 Å². The van der Waals surface area contributed by atoms with E-state index in [1.54, 1.807) is 0 Å². The largest absolute Gasteiger partial charge is 0.459 e. The maximum Gasteiger partial charge on any atom is 0.134 e. The fourth-order valence-electron chi connectivity index (χ4n) is 2.64. The van der Waals surface area contributed by atoms with E-state index >= 15 is 0 Å². The molecule has 3 rings (SSSR count). The standard InChI is InChI=1S/C15H20N2O/c1-11-4-5-14-12(8-11)9-15(18-14)13-10-17(2)7-3-6-16-13/h4-5,8-9,13,16H,3,6-7,10H2,1-2H3. The van der Waals surface area contributed by atoms with Crippen LogP contribution in [0.3, 0.4) is 0 Å². The van der Waals surface area contributed by atoms with E-state index in [4.69, 9.17) is 4.42 Å². The normalized spacial score (nSPS) is 22.2. The van der Waals surface area contributed by atoms with Crippen LogP contribution in [0, 0.1) is 6.92 Å². The molecule has 96 valence electrons. The van der Waals surface area contributed by atoms with Crippen molar-refractivity contribution < 1.29 is 4.42 Å².